The van der Waals surface area contributed by atoms with Gasteiger partial charge in [-0.25, -0.2) is 0 Å². The molecular formula is C12H15BrN2O2. The van der Waals surface area contributed by atoms with E-state index in [2.05, 4.69) is 21.2 Å². The molecule has 0 saturated heterocycles. The minimum Gasteiger partial charge on any atom is -0.495 e. The topological polar surface area (TPSA) is 64.3 Å². The van der Waals surface area contributed by atoms with Crippen LogP contribution in [0.15, 0.2) is 22.7 Å². The van der Waals surface area contributed by atoms with Gasteiger partial charge in [0.1, 0.15) is 5.75 Å². The first-order valence-electron chi connectivity index (χ1n) is 5.10. The van der Waals surface area contributed by atoms with Gasteiger partial charge >= 0.3 is 0 Å². The lowest BCUT2D eigenvalue weighted by atomic mass is 10.1. The molecule has 3 N–H and O–H groups in total. The van der Waals surface area contributed by atoms with Crippen molar-refractivity contribution >= 4 is 33.6 Å². The van der Waals surface area contributed by atoms with Crippen LogP contribution in [0.2, 0.25) is 0 Å². The van der Waals surface area contributed by atoms with E-state index < -0.39 is 0 Å². The number of hydrogen-bond donors (Lipinski definition) is 2. The first-order valence-corrected chi connectivity index (χ1v) is 5.90. The zero-order valence-corrected chi connectivity index (χ0v) is 11.4. The Hall–Kier alpha value is -1.33. The molecule has 0 aliphatic carbocycles. The molecule has 0 unspecified atom stereocenters. The highest BCUT2D eigenvalue weighted by Crippen LogP contribution is 2.34. The van der Waals surface area contributed by atoms with Crippen molar-refractivity contribution in [3.8, 4) is 5.75 Å². The van der Waals surface area contributed by atoms with Crippen LogP contribution in [0.25, 0.3) is 6.08 Å². The van der Waals surface area contributed by atoms with Crippen LogP contribution in [-0.2, 0) is 4.79 Å². The SMILES string of the molecule is COc1ccc(Br)c(/C=C/CN)c1NC(C)=O. The molecule has 0 aromatic heterocycles. The molecule has 4 nitrogen and oxygen atoms in total. The number of hydrogen-bond acceptors (Lipinski definition) is 3. The van der Waals surface area contributed by atoms with E-state index in [9.17, 15) is 4.79 Å². The van der Waals surface area contributed by atoms with Crippen LogP contribution >= 0.6 is 15.9 Å². The second-order valence-electron chi connectivity index (χ2n) is 3.36. The van der Waals surface area contributed by atoms with Gasteiger partial charge < -0.3 is 15.8 Å². The fraction of sp³-hybridized carbons (Fsp3) is 0.250. The summed E-state index contributed by atoms with van der Waals surface area (Å²) in [5, 5.41) is 2.76. The quantitative estimate of drug-likeness (QED) is 0.897. The Morgan fingerprint density at radius 3 is 2.82 bits per heavy atom. The monoisotopic (exact) mass is 298 g/mol. The summed E-state index contributed by atoms with van der Waals surface area (Å²) in [4.78, 5) is 11.2. The molecule has 1 aromatic carbocycles. The van der Waals surface area contributed by atoms with Gasteiger partial charge in [0.15, 0.2) is 0 Å². The number of rotatable bonds is 4. The van der Waals surface area contributed by atoms with E-state index in [4.69, 9.17) is 10.5 Å². The molecule has 92 valence electrons. The number of nitrogens with two attached hydrogens (primary N) is 1. The second kappa shape index (κ2) is 6.42. The summed E-state index contributed by atoms with van der Waals surface area (Å²) in [6, 6.07) is 3.65. The summed E-state index contributed by atoms with van der Waals surface area (Å²) < 4.78 is 6.09. The molecule has 17 heavy (non-hydrogen) atoms. The fourth-order valence-electron chi connectivity index (χ4n) is 1.40. The average molecular weight is 299 g/mol. The fourth-order valence-corrected chi connectivity index (χ4v) is 1.86. The first-order chi connectivity index (χ1) is 8.10. The second-order valence-corrected chi connectivity index (χ2v) is 4.21. The van der Waals surface area contributed by atoms with Crippen LogP contribution in [0, 0.1) is 0 Å². The Labute approximate surface area is 109 Å². The zero-order valence-electron chi connectivity index (χ0n) is 9.79. The molecule has 0 atom stereocenters. The molecule has 0 bridgehead atoms. The van der Waals surface area contributed by atoms with Crippen LogP contribution in [0.4, 0.5) is 5.69 Å². The van der Waals surface area contributed by atoms with Crippen molar-refractivity contribution in [2.24, 2.45) is 5.73 Å². The van der Waals surface area contributed by atoms with E-state index in [0.717, 1.165) is 10.0 Å². The Kier molecular flexibility index (Phi) is 5.18. The Morgan fingerprint density at radius 2 is 2.29 bits per heavy atom. The zero-order chi connectivity index (χ0) is 12.8. The molecule has 0 saturated carbocycles. The van der Waals surface area contributed by atoms with Gasteiger partial charge in [-0.2, -0.15) is 0 Å². The van der Waals surface area contributed by atoms with Crippen LogP contribution in [0.1, 0.15) is 12.5 Å². The third-order valence-corrected chi connectivity index (χ3v) is 2.79. The van der Waals surface area contributed by atoms with Crippen LogP contribution in [0.5, 0.6) is 5.75 Å². The molecule has 1 rings (SSSR count). The Balaban J connectivity index is 3.30. The number of methoxy groups -OCH3 is 1. The van der Waals surface area contributed by atoms with Crippen molar-refractivity contribution in [2.45, 2.75) is 6.92 Å². The van der Waals surface area contributed by atoms with Crippen molar-refractivity contribution in [3.05, 3.63) is 28.2 Å². The molecule has 0 aliphatic heterocycles. The van der Waals surface area contributed by atoms with E-state index in [1.165, 1.54) is 6.92 Å². The van der Waals surface area contributed by atoms with Gasteiger partial charge in [-0.15, -0.1) is 0 Å². The van der Waals surface area contributed by atoms with E-state index in [1.807, 2.05) is 18.2 Å². The van der Waals surface area contributed by atoms with Gasteiger partial charge in [0, 0.05) is 23.5 Å². The van der Waals surface area contributed by atoms with Gasteiger partial charge in [0.25, 0.3) is 0 Å². The largest absolute Gasteiger partial charge is 0.495 e. The van der Waals surface area contributed by atoms with E-state index in [0.29, 0.717) is 18.0 Å². The number of carbonyl (C=O) groups is 1. The summed E-state index contributed by atoms with van der Waals surface area (Å²) in [6.45, 7) is 1.89. The van der Waals surface area contributed by atoms with E-state index in [1.54, 1.807) is 13.2 Å². The molecule has 0 spiro atoms. The Morgan fingerprint density at radius 1 is 1.59 bits per heavy atom. The van der Waals surface area contributed by atoms with Crippen LogP contribution in [0.3, 0.4) is 0 Å². The van der Waals surface area contributed by atoms with Gasteiger partial charge in [-0.1, -0.05) is 28.1 Å². The number of carbonyl (C=O) groups excluding carboxylic acids is 1. The van der Waals surface area contributed by atoms with E-state index in [-0.39, 0.29) is 5.91 Å². The lowest BCUT2D eigenvalue weighted by Gasteiger charge is -2.13. The molecule has 0 radical (unpaired) electrons. The predicted molar refractivity (Wildman–Crippen MR) is 73.1 cm³/mol. The highest BCUT2D eigenvalue weighted by Gasteiger charge is 2.11. The molecule has 0 aliphatic rings. The normalized spacial score (nSPS) is 10.6. The smallest absolute Gasteiger partial charge is 0.221 e. The number of ether oxygens (including phenoxy) is 1. The lowest BCUT2D eigenvalue weighted by molar-refractivity contribution is -0.114. The van der Waals surface area contributed by atoms with Gasteiger partial charge in [-0.05, 0) is 12.1 Å². The van der Waals surface area contributed by atoms with Crippen LogP contribution in [-0.4, -0.2) is 19.6 Å². The summed E-state index contributed by atoms with van der Waals surface area (Å²) in [6.07, 6.45) is 3.66. The highest BCUT2D eigenvalue weighted by molar-refractivity contribution is 9.10. The highest BCUT2D eigenvalue weighted by atomic mass is 79.9. The van der Waals surface area contributed by atoms with Crippen molar-refractivity contribution in [1.82, 2.24) is 0 Å². The van der Waals surface area contributed by atoms with E-state index >= 15 is 0 Å². The molecular weight excluding hydrogens is 284 g/mol. The lowest BCUT2D eigenvalue weighted by Crippen LogP contribution is -2.09. The minimum atomic E-state index is -0.149. The molecule has 0 heterocycles. The predicted octanol–water partition coefficient (Wildman–Crippen LogP) is 2.39. The number of halogens is 1. The summed E-state index contributed by atoms with van der Waals surface area (Å²) in [5.74, 6) is 0.462. The average Bonchev–Trinajstić information content (AvgIpc) is 2.28. The first kappa shape index (κ1) is 13.7. The van der Waals surface area contributed by atoms with Gasteiger partial charge in [-0.3, -0.25) is 4.79 Å². The number of nitrogens with one attached hydrogen (secondary N) is 1. The number of amides is 1. The van der Waals surface area contributed by atoms with Crippen molar-refractivity contribution in [2.75, 3.05) is 19.0 Å². The standard InChI is InChI=1S/C12H15BrN2O2/c1-8(16)15-12-9(4-3-7-14)10(13)5-6-11(12)17-2/h3-6H,7,14H2,1-2H3,(H,15,16)/b4-3+. The third-order valence-electron chi connectivity index (χ3n) is 2.10. The summed E-state index contributed by atoms with van der Waals surface area (Å²) in [5.41, 5.74) is 6.90. The summed E-state index contributed by atoms with van der Waals surface area (Å²) in [7, 11) is 1.56. The molecule has 1 amide bonds. The van der Waals surface area contributed by atoms with Gasteiger partial charge in [0.05, 0.1) is 12.8 Å². The van der Waals surface area contributed by atoms with Crippen molar-refractivity contribution in [1.29, 1.82) is 0 Å². The van der Waals surface area contributed by atoms with Gasteiger partial charge in [0.2, 0.25) is 5.91 Å². The maximum atomic E-state index is 11.2. The Bertz CT molecular complexity index is 444. The maximum absolute atomic E-state index is 11.2. The molecule has 0 fully saturated rings. The van der Waals surface area contributed by atoms with Crippen molar-refractivity contribution < 1.29 is 9.53 Å². The maximum Gasteiger partial charge on any atom is 0.221 e. The summed E-state index contributed by atoms with van der Waals surface area (Å²) >= 11 is 3.43. The number of anilines is 1. The van der Waals surface area contributed by atoms with Crippen molar-refractivity contribution in [3.63, 3.8) is 0 Å². The minimum absolute atomic E-state index is 0.149. The van der Waals surface area contributed by atoms with Crippen LogP contribution < -0.4 is 15.8 Å². The molecule has 1 aromatic rings. The molecule has 5 heteroatoms. The third kappa shape index (κ3) is 3.57. The number of benzene rings is 1.